The summed E-state index contributed by atoms with van der Waals surface area (Å²) >= 11 is 5.92. The maximum Gasteiger partial charge on any atom is 0.311 e. The summed E-state index contributed by atoms with van der Waals surface area (Å²) in [6, 6.07) is 5.25. The Balaban J connectivity index is 1.84. The largest absolute Gasteiger partial charge is 0.466 e. The number of rotatable bonds is 22. The molecule has 5 heteroatoms. The molecule has 0 bridgehead atoms. The van der Waals surface area contributed by atoms with Crippen LogP contribution < -0.4 is 4.74 Å². The van der Waals surface area contributed by atoms with Gasteiger partial charge in [0.25, 0.3) is 0 Å². The lowest BCUT2D eigenvalue weighted by Crippen LogP contribution is -2.08. The molecule has 0 atom stereocenters. The van der Waals surface area contributed by atoms with Crippen molar-refractivity contribution in [3.63, 3.8) is 0 Å². The third kappa shape index (κ3) is 18.4. The number of hydrogen-bond donors (Lipinski definition) is 0. The molecule has 0 aliphatic carbocycles. The second kappa shape index (κ2) is 21.7. The number of aryl methyl sites for hydroxylation is 1. The van der Waals surface area contributed by atoms with Gasteiger partial charge in [-0.05, 0) is 49.9 Å². The number of unbranched alkanes of at least 4 members (excludes halogenated alkanes) is 15. The zero-order chi connectivity index (χ0) is 25.6. The Labute approximate surface area is 219 Å². The summed E-state index contributed by atoms with van der Waals surface area (Å²) in [6.07, 6.45) is 21.1. The fourth-order valence-electron chi connectivity index (χ4n) is 4.17. The molecule has 0 fully saturated rings. The number of hydrogen-bond acceptors (Lipinski definition) is 4. The number of benzene rings is 1. The summed E-state index contributed by atoms with van der Waals surface area (Å²) in [6.45, 7) is 4.71. The summed E-state index contributed by atoms with van der Waals surface area (Å²) in [7, 11) is 0. The summed E-state index contributed by atoms with van der Waals surface area (Å²) < 4.78 is 10.8. The van der Waals surface area contributed by atoms with Crippen molar-refractivity contribution in [2.24, 2.45) is 0 Å². The topological polar surface area (TPSA) is 52.6 Å². The van der Waals surface area contributed by atoms with Crippen molar-refractivity contribution < 1.29 is 19.1 Å². The van der Waals surface area contributed by atoms with Crippen LogP contribution in [0.25, 0.3) is 0 Å². The van der Waals surface area contributed by atoms with Crippen molar-refractivity contribution in [1.82, 2.24) is 0 Å². The van der Waals surface area contributed by atoms with Gasteiger partial charge in [0, 0.05) is 17.9 Å². The second-order valence-corrected chi connectivity index (χ2v) is 10.2. The van der Waals surface area contributed by atoms with Gasteiger partial charge in [0.15, 0.2) is 0 Å². The van der Waals surface area contributed by atoms with E-state index >= 15 is 0 Å². The molecule has 0 amide bonds. The van der Waals surface area contributed by atoms with E-state index in [1.54, 1.807) is 18.2 Å². The van der Waals surface area contributed by atoms with Crippen LogP contribution in [0.2, 0.25) is 5.02 Å². The quantitative estimate of drug-likeness (QED) is 0.0888. The van der Waals surface area contributed by atoms with Crippen molar-refractivity contribution in [2.75, 3.05) is 6.61 Å². The van der Waals surface area contributed by atoms with Crippen LogP contribution in [-0.2, 0) is 14.3 Å². The third-order valence-electron chi connectivity index (χ3n) is 6.38. The lowest BCUT2D eigenvalue weighted by molar-refractivity contribution is -0.144. The van der Waals surface area contributed by atoms with Crippen molar-refractivity contribution >= 4 is 23.5 Å². The Hall–Kier alpha value is -1.55. The molecule has 1 aromatic rings. The Morgan fingerprint density at radius 1 is 0.686 bits per heavy atom. The predicted molar refractivity (Wildman–Crippen MR) is 146 cm³/mol. The molecule has 1 rings (SSSR count). The first-order valence-electron chi connectivity index (χ1n) is 14.2. The predicted octanol–water partition coefficient (Wildman–Crippen LogP) is 9.53. The summed E-state index contributed by atoms with van der Waals surface area (Å²) in [5, 5.41) is 0.639. The molecule has 0 aromatic heterocycles. The van der Waals surface area contributed by atoms with Crippen LogP contribution in [-0.4, -0.2) is 18.5 Å². The van der Waals surface area contributed by atoms with Gasteiger partial charge in [0.1, 0.15) is 5.75 Å². The molecule has 0 saturated carbocycles. The van der Waals surface area contributed by atoms with Crippen LogP contribution in [0.5, 0.6) is 5.75 Å². The molecule has 35 heavy (non-hydrogen) atoms. The summed E-state index contributed by atoms with van der Waals surface area (Å²) in [5.41, 5.74) is 0.864. The average Bonchev–Trinajstić information content (AvgIpc) is 2.83. The molecule has 0 N–H and O–H groups in total. The smallest absolute Gasteiger partial charge is 0.311 e. The number of carbonyl (C=O) groups is 2. The van der Waals surface area contributed by atoms with Gasteiger partial charge in [-0.3, -0.25) is 9.59 Å². The molecular weight excluding hydrogens is 460 g/mol. The third-order valence-corrected chi connectivity index (χ3v) is 6.62. The molecule has 0 unspecified atom stereocenters. The van der Waals surface area contributed by atoms with Crippen LogP contribution >= 0.6 is 11.6 Å². The Morgan fingerprint density at radius 3 is 1.71 bits per heavy atom. The van der Waals surface area contributed by atoms with E-state index in [0.29, 0.717) is 30.2 Å². The molecule has 200 valence electrons. The zero-order valence-corrected chi connectivity index (χ0v) is 23.1. The van der Waals surface area contributed by atoms with Gasteiger partial charge < -0.3 is 9.47 Å². The molecule has 0 aliphatic heterocycles. The molecule has 0 heterocycles. The minimum absolute atomic E-state index is 0.0580. The minimum Gasteiger partial charge on any atom is -0.466 e. The van der Waals surface area contributed by atoms with Gasteiger partial charge in [0.2, 0.25) is 0 Å². The Kier molecular flexibility index (Phi) is 19.5. The van der Waals surface area contributed by atoms with Crippen molar-refractivity contribution in [3.05, 3.63) is 28.8 Å². The second-order valence-electron chi connectivity index (χ2n) is 9.76. The average molecular weight is 509 g/mol. The van der Waals surface area contributed by atoms with Gasteiger partial charge in [-0.1, -0.05) is 108 Å². The molecule has 0 radical (unpaired) electrons. The first-order valence-corrected chi connectivity index (χ1v) is 14.5. The standard InChI is InChI=1S/C30H49ClO4/c1-3-4-5-6-7-8-9-10-13-16-19-24-34-29(32)20-17-14-11-12-15-18-21-30(33)35-28-23-22-27(31)25-26(28)2/h22-23,25H,3-21,24H2,1-2H3. The molecule has 0 saturated heterocycles. The molecule has 0 aliphatic rings. The molecule has 1 aromatic carbocycles. The first-order chi connectivity index (χ1) is 17.0. The maximum absolute atomic E-state index is 12.0. The van der Waals surface area contributed by atoms with Gasteiger partial charge in [-0.2, -0.15) is 0 Å². The highest BCUT2D eigenvalue weighted by atomic mass is 35.5. The van der Waals surface area contributed by atoms with Crippen LogP contribution in [0.1, 0.15) is 134 Å². The van der Waals surface area contributed by atoms with E-state index in [4.69, 9.17) is 21.1 Å². The molecule has 4 nitrogen and oxygen atoms in total. The van der Waals surface area contributed by atoms with Gasteiger partial charge >= 0.3 is 11.9 Å². The fourth-order valence-corrected chi connectivity index (χ4v) is 4.40. The van der Waals surface area contributed by atoms with E-state index in [1.165, 1.54) is 57.8 Å². The van der Waals surface area contributed by atoms with Crippen molar-refractivity contribution in [1.29, 1.82) is 0 Å². The molecule has 0 spiro atoms. The Morgan fingerprint density at radius 2 is 1.17 bits per heavy atom. The van der Waals surface area contributed by atoms with Crippen LogP contribution in [0.4, 0.5) is 0 Å². The zero-order valence-electron chi connectivity index (χ0n) is 22.4. The van der Waals surface area contributed by atoms with E-state index in [1.807, 2.05) is 6.92 Å². The van der Waals surface area contributed by atoms with Gasteiger partial charge in [-0.25, -0.2) is 0 Å². The lowest BCUT2D eigenvalue weighted by Gasteiger charge is -2.07. The molecular formula is C30H49ClO4. The SMILES string of the molecule is CCCCCCCCCCCCCOC(=O)CCCCCCCCC(=O)Oc1ccc(Cl)cc1C. The summed E-state index contributed by atoms with van der Waals surface area (Å²) in [5.74, 6) is 0.322. The highest BCUT2D eigenvalue weighted by Crippen LogP contribution is 2.22. The number of carbonyl (C=O) groups excluding carboxylic acids is 2. The van der Waals surface area contributed by atoms with Crippen LogP contribution in [0, 0.1) is 6.92 Å². The number of halogens is 1. The van der Waals surface area contributed by atoms with E-state index in [2.05, 4.69) is 6.92 Å². The maximum atomic E-state index is 12.0. The van der Waals surface area contributed by atoms with Gasteiger partial charge in [0.05, 0.1) is 6.61 Å². The highest BCUT2D eigenvalue weighted by molar-refractivity contribution is 6.30. The number of ether oxygens (including phenoxy) is 2. The highest BCUT2D eigenvalue weighted by Gasteiger charge is 2.08. The van der Waals surface area contributed by atoms with Crippen LogP contribution in [0.15, 0.2) is 18.2 Å². The monoisotopic (exact) mass is 508 g/mol. The van der Waals surface area contributed by atoms with Crippen LogP contribution in [0.3, 0.4) is 0 Å². The normalized spacial score (nSPS) is 10.9. The fraction of sp³-hybridized carbons (Fsp3) is 0.733. The lowest BCUT2D eigenvalue weighted by atomic mass is 10.1. The Bertz CT molecular complexity index is 689. The number of esters is 2. The van der Waals surface area contributed by atoms with E-state index in [-0.39, 0.29) is 11.9 Å². The van der Waals surface area contributed by atoms with Crippen molar-refractivity contribution in [3.8, 4) is 5.75 Å². The van der Waals surface area contributed by atoms with E-state index < -0.39 is 0 Å². The van der Waals surface area contributed by atoms with Gasteiger partial charge in [-0.15, -0.1) is 0 Å². The first kappa shape index (κ1) is 31.5. The van der Waals surface area contributed by atoms with E-state index in [9.17, 15) is 9.59 Å². The summed E-state index contributed by atoms with van der Waals surface area (Å²) in [4.78, 5) is 23.8. The minimum atomic E-state index is -0.198. The van der Waals surface area contributed by atoms with E-state index in [0.717, 1.165) is 56.9 Å². The van der Waals surface area contributed by atoms with Crippen molar-refractivity contribution in [2.45, 2.75) is 136 Å².